The van der Waals surface area contributed by atoms with Gasteiger partial charge in [0.25, 0.3) is 0 Å². The van der Waals surface area contributed by atoms with E-state index in [0.29, 0.717) is 11.3 Å². The number of hydrogen-bond donors (Lipinski definition) is 1. The monoisotopic (exact) mass is 352 g/mol. The van der Waals surface area contributed by atoms with Gasteiger partial charge in [-0.2, -0.15) is 0 Å². The van der Waals surface area contributed by atoms with Gasteiger partial charge in [0.15, 0.2) is 5.65 Å². The van der Waals surface area contributed by atoms with Crippen molar-refractivity contribution < 1.29 is 9.53 Å². The molecule has 0 unspecified atom stereocenters. The molecule has 0 aliphatic heterocycles. The standard InChI is InChI=1S/C19H20N4O3/c24-18(13-23-19(25)22-11-4-3-10-17(22)21-23)20-14-6-5-9-16(12-14)26-15-7-1-2-8-15/h3-6,9-12,15H,1-2,7-8,13H2,(H,20,24). The molecule has 1 aliphatic carbocycles. The molecule has 1 saturated carbocycles. The van der Waals surface area contributed by atoms with Crippen LogP contribution >= 0.6 is 0 Å². The summed E-state index contributed by atoms with van der Waals surface area (Å²) in [5.41, 5.74) is 0.814. The fraction of sp³-hybridized carbons (Fsp3) is 0.316. The van der Waals surface area contributed by atoms with Crippen molar-refractivity contribution in [3.8, 4) is 5.75 Å². The van der Waals surface area contributed by atoms with Crippen LogP contribution in [0.5, 0.6) is 5.75 Å². The summed E-state index contributed by atoms with van der Waals surface area (Å²) in [6.45, 7) is -0.145. The third-order valence-corrected chi connectivity index (χ3v) is 4.50. The first kappa shape index (κ1) is 16.4. The highest BCUT2D eigenvalue weighted by Crippen LogP contribution is 2.25. The van der Waals surface area contributed by atoms with E-state index < -0.39 is 0 Å². The summed E-state index contributed by atoms with van der Waals surface area (Å²) in [5, 5.41) is 6.96. The highest BCUT2D eigenvalue weighted by atomic mass is 16.5. The number of nitrogens with zero attached hydrogens (tertiary/aromatic N) is 3. The first-order valence-corrected chi connectivity index (χ1v) is 8.80. The number of aromatic nitrogens is 3. The Hall–Kier alpha value is -3.09. The maximum Gasteiger partial charge on any atom is 0.350 e. The van der Waals surface area contributed by atoms with Crippen molar-refractivity contribution in [3.05, 3.63) is 59.1 Å². The summed E-state index contributed by atoms with van der Waals surface area (Å²) in [4.78, 5) is 24.5. The molecule has 4 rings (SSSR count). The first-order chi connectivity index (χ1) is 12.7. The Balaban J connectivity index is 1.44. The number of carbonyl (C=O) groups excluding carboxylic acids is 1. The van der Waals surface area contributed by atoms with Gasteiger partial charge in [-0.15, -0.1) is 5.10 Å². The smallest absolute Gasteiger partial charge is 0.350 e. The van der Waals surface area contributed by atoms with Crippen LogP contribution in [0, 0.1) is 0 Å². The molecule has 134 valence electrons. The average molecular weight is 352 g/mol. The highest BCUT2D eigenvalue weighted by Gasteiger charge is 2.17. The zero-order valence-electron chi connectivity index (χ0n) is 14.3. The van der Waals surface area contributed by atoms with Gasteiger partial charge in [-0.05, 0) is 49.9 Å². The van der Waals surface area contributed by atoms with E-state index in [-0.39, 0.29) is 24.2 Å². The number of benzene rings is 1. The van der Waals surface area contributed by atoms with Gasteiger partial charge in [-0.1, -0.05) is 12.1 Å². The number of amides is 1. The molecule has 0 bridgehead atoms. The van der Waals surface area contributed by atoms with Crippen molar-refractivity contribution in [2.24, 2.45) is 0 Å². The number of carbonyl (C=O) groups is 1. The lowest BCUT2D eigenvalue weighted by atomic mass is 10.2. The predicted octanol–water partition coefficient (Wildman–Crippen LogP) is 2.46. The van der Waals surface area contributed by atoms with Gasteiger partial charge in [0, 0.05) is 18.0 Å². The Labute approximate surface area is 150 Å². The van der Waals surface area contributed by atoms with Gasteiger partial charge >= 0.3 is 5.69 Å². The number of nitrogens with one attached hydrogen (secondary N) is 1. The average Bonchev–Trinajstić information content (AvgIpc) is 3.24. The van der Waals surface area contributed by atoms with Crippen LogP contribution in [0.4, 0.5) is 5.69 Å². The van der Waals surface area contributed by atoms with E-state index in [1.807, 2.05) is 18.2 Å². The molecule has 2 heterocycles. The molecular formula is C19H20N4O3. The minimum Gasteiger partial charge on any atom is -0.490 e. The molecule has 0 atom stereocenters. The van der Waals surface area contributed by atoms with Crippen molar-refractivity contribution in [1.82, 2.24) is 14.2 Å². The summed E-state index contributed by atoms with van der Waals surface area (Å²) in [6, 6.07) is 12.6. The van der Waals surface area contributed by atoms with Crippen LogP contribution in [-0.2, 0) is 11.3 Å². The van der Waals surface area contributed by atoms with Gasteiger partial charge < -0.3 is 10.1 Å². The van der Waals surface area contributed by atoms with Crippen LogP contribution in [0.1, 0.15) is 25.7 Å². The summed E-state index contributed by atoms with van der Waals surface area (Å²) in [7, 11) is 0. The number of hydrogen-bond acceptors (Lipinski definition) is 4. The van der Waals surface area contributed by atoms with Crippen LogP contribution in [0.25, 0.3) is 5.65 Å². The Kier molecular flexibility index (Phi) is 4.43. The summed E-state index contributed by atoms with van der Waals surface area (Å²) in [6.07, 6.45) is 6.45. The number of ether oxygens (including phenoxy) is 1. The van der Waals surface area contributed by atoms with E-state index in [9.17, 15) is 9.59 Å². The minimum absolute atomic E-state index is 0.145. The predicted molar refractivity (Wildman–Crippen MR) is 97.4 cm³/mol. The van der Waals surface area contributed by atoms with E-state index in [1.54, 1.807) is 30.5 Å². The van der Waals surface area contributed by atoms with Crippen LogP contribution in [0.3, 0.4) is 0 Å². The topological polar surface area (TPSA) is 77.6 Å². The largest absolute Gasteiger partial charge is 0.490 e. The van der Waals surface area contributed by atoms with Gasteiger partial charge in [-0.25, -0.2) is 9.48 Å². The number of rotatable bonds is 5. The molecule has 1 aromatic carbocycles. The van der Waals surface area contributed by atoms with E-state index in [0.717, 1.165) is 23.3 Å². The molecule has 0 saturated heterocycles. The molecule has 7 heteroatoms. The molecular weight excluding hydrogens is 332 g/mol. The fourth-order valence-electron chi connectivity index (χ4n) is 3.25. The van der Waals surface area contributed by atoms with Gasteiger partial charge in [0.1, 0.15) is 12.3 Å². The second-order valence-corrected chi connectivity index (χ2v) is 6.47. The molecule has 26 heavy (non-hydrogen) atoms. The first-order valence-electron chi connectivity index (χ1n) is 8.80. The van der Waals surface area contributed by atoms with Gasteiger partial charge in [0.2, 0.25) is 5.91 Å². The van der Waals surface area contributed by atoms with Crippen LogP contribution < -0.4 is 15.7 Å². The number of fused-ring (bicyclic) bond motifs is 1. The van der Waals surface area contributed by atoms with E-state index in [4.69, 9.17) is 4.74 Å². The van der Waals surface area contributed by atoms with Crippen molar-refractivity contribution in [1.29, 1.82) is 0 Å². The molecule has 1 aliphatic rings. The second-order valence-electron chi connectivity index (χ2n) is 6.47. The molecule has 1 fully saturated rings. The van der Waals surface area contributed by atoms with Crippen molar-refractivity contribution in [2.45, 2.75) is 38.3 Å². The molecule has 1 amide bonds. The van der Waals surface area contributed by atoms with Crippen LogP contribution in [0.2, 0.25) is 0 Å². The summed E-state index contributed by atoms with van der Waals surface area (Å²) in [5.74, 6) is 0.438. The fourth-order valence-corrected chi connectivity index (χ4v) is 3.25. The summed E-state index contributed by atoms with van der Waals surface area (Å²) < 4.78 is 8.52. The van der Waals surface area contributed by atoms with Gasteiger partial charge in [0.05, 0.1) is 6.10 Å². The lowest BCUT2D eigenvalue weighted by Crippen LogP contribution is -2.28. The van der Waals surface area contributed by atoms with Crippen LogP contribution in [0.15, 0.2) is 53.5 Å². The SMILES string of the molecule is O=C(Cn1nc2ccccn2c1=O)Nc1cccc(OC2CCCC2)c1. The third-order valence-electron chi connectivity index (χ3n) is 4.50. The second kappa shape index (κ2) is 7.03. The third kappa shape index (κ3) is 3.46. The highest BCUT2D eigenvalue weighted by molar-refractivity contribution is 5.90. The lowest BCUT2D eigenvalue weighted by molar-refractivity contribution is -0.117. The van der Waals surface area contributed by atoms with Crippen molar-refractivity contribution in [3.63, 3.8) is 0 Å². The number of pyridine rings is 1. The zero-order valence-corrected chi connectivity index (χ0v) is 14.3. The Morgan fingerprint density at radius 3 is 2.85 bits per heavy atom. The van der Waals surface area contributed by atoms with Gasteiger partial charge in [-0.3, -0.25) is 9.20 Å². The zero-order chi connectivity index (χ0) is 17.9. The maximum absolute atomic E-state index is 12.3. The van der Waals surface area contributed by atoms with Crippen LogP contribution in [-0.4, -0.2) is 26.2 Å². The Bertz CT molecular complexity index is 986. The Morgan fingerprint density at radius 2 is 2.04 bits per heavy atom. The molecule has 0 spiro atoms. The van der Waals surface area contributed by atoms with Crippen molar-refractivity contribution in [2.75, 3.05) is 5.32 Å². The Morgan fingerprint density at radius 1 is 1.19 bits per heavy atom. The molecule has 2 aromatic heterocycles. The van der Waals surface area contributed by atoms with E-state index in [2.05, 4.69) is 10.4 Å². The minimum atomic E-state index is -0.339. The molecule has 0 radical (unpaired) electrons. The maximum atomic E-state index is 12.3. The van der Waals surface area contributed by atoms with E-state index in [1.165, 1.54) is 17.2 Å². The normalized spacial score (nSPS) is 14.6. The lowest BCUT2D eigenvalue weighted by Gasteiger charge is -2.14. The molecule has 1 N–H and O–H groups in total. The quantitative estimate of drug-likeness (QED) is 0.765. The van der Waals surface area contributed by atoms with Crippen molar-refractivity contribution >= 4 is 17.2 Å². The van der Waals surface area contributed by atoms with E-state index >= 15 is 0 Å². The molecule has 3 aromatic rings. The summed E-state index contributed by atoms with van der Waals surface area (Å²) >= 11 is 0. The number of anilines is 1. The molecule has 7 nitrogen and oxygen atoms in total.